The van der Waals surface area contributed by atoms with Crippen molar-refractivity contribution in [2.24, 2.45) is 0 Å². The number of aliphatic carboxylic acids is 1. The SMILES string of the molecule is CC(CC(=O)O)NC(=O)COc1ccc([N+](=O)[O-])cc1. The molecule has 0 aliphatic heterocycles. The van der Waals surface area contributed by atoms with E-state index in [1.165, 1.54) is 24.3 Å². The van der Waals surface area contributed by atoms with Gasteiger partial charge in [-0.05, 0) is 19.1 Å². The second kappa shape index (κ2) is 7.07. The Balaban J connectivity index is 2.40. The number of hydrogen-bond acceptors (Lipinski definition) is 5. The number of carboxylic acids is 1. The molecule has 0 aromatic heterocycles. The van der Waals surface area contributed by atoms with Crippen LogP contribution in [0.1, 0.15) is 13.3 Å². The minimum atomic E-state index is -1.01. The first kappa shape index (κ1) is 15.4. The van der Waals surface area contributed by atoms with Crippen molar-refractivity contribution >= 4 is 17.6 Å². The first-order valence-electron chi connectivity index (χ1n) is 5.77. The summed E-state index contributed by atoms with van der Waals surface area (Å²) < 4.78 is 5.13. The summed E-state index contributed by atoms with van der Waals surface area (Å²) in [7, 11) is 0. The van der Waals surface area contributed by atoms with Crippen molar-refractivity contribution in [3.05, 3.63) is 34.4 Å². The van der Waals surface area contributed by atoms with Gasteiger partial charge in [0.05, 0.1) is 11.3 Å². The fourth-order valence-corrected chi connectivity index (χ4v) is 1.44. The smallest absolute Gasteiger partial charge is 0.305 e. The monoisotopic (exact) mass is 282 g/mol. The predicted octanol–water partition coefficient (Wildman–Crippen LogP) is 0.953. The Kier molecular flexibility index (Phi) is 5.45. The number of nitrogens with zero attached hydrogens (tertiary/aromatic N) is 1. The fraction of sp³-hybridized carbons (Fsp3) is 0.333. The van der Waals surface area contributed by atoms with Crippen molar-refractivity contribution in [3.63, 3.8) is 0 Å². The fourth-order valence-electron chi connectivity index (χ4n) is 1.44. The molecule has 20 heavy (non-hydrogen) atoms. The molecule has 1 unspecified atom stereocenters. The number of hydrogen-bond donors (Lipinski definition) is 2. The average Bonchev–Trinajstić information content (AvgIpc) is 2.35. The number of non-ortho nitro benzene ring substituents is 1. The van der Waals surface area contributed by atoms with Crippen molar-refractivity contribution in [2.75, 3.05) is 6.61 Å². The minimum Gasteiger partial charge on any atom is -0.484 e. The number of rotatable bonds is 7. The normalized spacial score (nSPS) is 11.4. The van der Waals surface area contributed by atoms with E-state index >= 15 is 0 Å². The van der Waals surface area contributed by atoms with Gasteiger partial charge in [0.1, 0.15) is 5.75 Å². The second-order valence-corrected chi connectivity index (χ2v) is 4.11. The third-order valence-corrected chi connectivity index (χ3v) is 2.31. The molecule has 1 aromatic carbocycles. The van der Waals surface area contributed by atoms with Crippen LogP contribution in [-0.4, -0.2) is 34.6 Å². The van der Waals surface area contributed by atoms with Crippen molar-refractivity contribution < 1.29 is 24.4 Å². The molecule has 1 atom stereocenters. The van der Waals surface area contributed by atoms with E-state index in [1.807, 2.05) is 0 Å². The molecule has 0 fully saturated rings. The van der Waals surface area contributed by atoms with Crippen LogP contribution in [0.3, 0.4) is 0 Å². The Labute approximate surface area is 114 Å². The van der Waals surface area contributed by atoms with Gasteiger partial charge in [0.15, 0.2) is 6.61 Å². The topological polar surface area (TPSA) is 119 Å². The van der Waals surface area contributed by atoms with Gasteiger partial charge in [0.2, 0.25) is 0 Å². The number of benzene rings is 1. The molecule has 0 radical (unpaired) electrons. The summed E-state index contributed by atoms with van der Waals surface area (Å²) in [4.78, 5) is 31.8. The quantitative estimate of drug-likeness (QED) is 0.567. The summed E-state index contributed by atoms with van der Waals surface area (Å²) in [6.07, 6.45) is -0.177. The van der Waals surface area contributed by atoms with Gasteiger partial charge in [0.25, 0.3) is 11.6 Å². The van der Waals surface area contributed by atoms with Crippen LogP contribution in [0.4, 0.5) is 5.69 Å². The number of nitrogens with one attached hydrogen (secondary N) is 1. The van der Waals surface area contributed by atoms with E-state index in [-0.39, 0.29) is 18.7 Å². The average molecular weight is 282 g/mol. The molecule has 1 amide bonds. The van der Waals surface area contributed by atoms with E-state index in [0.717, 1.165) is 0 Å². The molecule has 0 saturated heterocycles. The van der Waals surface area contributed by atoms with Crippen LogP contribution < -0.4 is 10.1 Å². The van der Waals surface area contributed by atoms with E-state index in [4.69, 9.17) is 9.84 Å². The van der Waals surface area contributed by atoms with Crippen molar-refractivity contribution in [2.45, 2.75) is 19.4 Å². The summed E-state index contributed by atoms with van der Waals surface area (Å²) in [5, 5.41) is 21.4. The third-order valence-electron chi connectivity index (χ3n) is 2.31. The largest absolute Gasteiger partial charge is 0.484 e. The Hall–Kier alpha value is -2.64. The lowest BCUT2D eigenvalue weighted by atomic mass is 10.2. The predicted molar refractivity (Wildman–Crippen MR) is 68.4 cm³/mol. The molecule has 0 bridgehead atoms. The highest BCUT2D eigenvalue weighted by molar-refractivity contribution is 5.78. The summed E-state index contributed by atoms with van der Waals surface area (Å²) in [6, 6.07) is 4.79. The van der Waals surface area contributed by atoms with Gasteiger partial charge in [0, 0.05) is 18.2 Å². The highest BCUT2D eigenvalue weighted by Crippen LogP contribution is 2.17. The van der Waals surface area contributed by atoms with Crippen molar-refractivity contribution in [3.8, 4) is 5.75 Å². The zero-order valence-electron chi connectivity index (χ0n) is 10.7. The second-order valence-electron chi connectivity index (χ2n) is 4.11. The lowest BCUT2D eigenvalue weighted by Gasteiger charge is -2.12. The number of amides is 1. The standard InChI is InChI=1S/C12H14N2O6/c1-8(6-12(16)17)13-11(15)7-20-10-4-2-9(3-5-10)14(18)19/h2-5,8H,6-7H2,1H3,(H,13,15)(H,16,17). The zero-order chi connectivity index (χ0) is 15.1. The zero-order valence-corrected chi connectivity index (χ0v) is 10.7. The van der Waals surface area contributed by atoms with Gasteiger partial charge < -0.3 is 15.2 Å². The van der Waals surface area contributed by atoms with Crippen molar-refractivity contribution in [1.82, 2.24) is 5.32 Å². The molecule has 8 heteroatoms. The maximum atomic E-state index is 11.4. The van der Waals surface area contributed by atoms with Gasteiger partial charge in [-0.15, -0.1) is 0 Å². The maximum Gasteiger partial charge on any atom is 0.305 e. The molecule has 0 aliphatic carbocycles. The van der Waals surface area contributed by atoms with Gasteiger partial charge >= 0.3 is 5.97 Å². The molecule has 0 aliphatic rings. The van der Waals surface area contributed by atoms with Gasteiger partial charge in [-0.3, -0.25) is 19.7 Å². The van der Waals surface area contributed by atoms with E-state index in [1.54, 1.807) is 6.92 Å². The molecule has 0 saturated carbocycles. The van der Waals surface area contributed by atoms with Gasteiger partial charge in [-0.25, -0.2) is 0 Å². The molecule has 1 rings (SSSR count). The number of carbonyl (C=O) groups is 2. The highest BCUT2D eigenvalue weighted by Gasteiger charge is 2.11. The number of nitro benzene ring substituents is 1. The van der Waals surface area contributed by atoms with E-state index in [9.17, 15) is 19.7 Å². The number of carboxylic acid groups (broad SMARTS) is 1. The summed E-state index contributed by atoms with van der Waals surface area (Å²) in [5.74, 6) is -1.15. The first-order valence-corrected chi connectivity index (χ1v) is 5.77. The molecular weight excluding hydrogens is 268 g/mol. The van der Waals surface area contributed by atoms with Gasteiger partial charge in [-0.1, -0.05) is 0 Å². The lowest BCUT2D eigenvalue weighted by Crippen LogP contribution is -2.37. The van der Waals surface area contributed by atoms with E-state index < -0.39 is 22.8 Å². The molecule has 8 nitrogen and oxygen atoms in total. The Bertz CT molecular complexity index is 499. The van der Waals surface area contributed by atoms with Crippen LogP contribution in [-0.2, 0) is 9.59 Å². The molecule has 1 aromatic rings. The molecule has 108 valence electrons. The molecule has 0 heterocycles. The summed E-state index contributed by atoms with van der Waals surface area (Å²) >= 11 is 0. The van der Waals surface area contributed by atoms with Crippen LogP contribution >= 0.6 is 0 Å². The Morgan fingerprint density at radius 2 is 2.00 bits per heavy atom. The summed E-state index contributed by atoms with van der Waals surface area (Å²) in [6.45, 7) is 1.28. The number of nitro groups is 1. The van der Waals surface area contributed by atoms with Crippen LogP contribution in [0.5, 0.6) is 5.75 Å². The highest BCUT2D eigenvalue weighted by atomic mass is 16.6. The van der Waals surface area contributed by atoms with E-state index in [0.29, 0.717) is 5.75 Å². The van der Waals surface area contributed by atoms with Crippen LogP contribution in [0.25, 0.3) is 0 Å². The third kappa shape index (κ3) is 5.34. The molecule has 2 N–H and O–H groups in total. The lowest BCUT2D eigenvalue weighted by molar-refractivity contribution is -0.384. The Morgan fingerprint density at radius 3 is 2.50 bits per heavy atom. The maximum absolute atomic E-state index is 11.4. The van der Waals surface area contributed by atoms with Gasteiger partial charge in [-0.2, -0.15) is 0 Å². The number of ether oxygens (including phenoxy) is 1. The molecule has 0 spiro atoms. The van der Waals surface area contributed by atoms with E-state index in [2.05, 4.69) is 5.32 Å². The Morgan fingerprint density at radius 1 is 1.40 bits per heavy atom. The van der Waals surface area contributed by atoms with Crippen LogP contribution in [0.2, 0.25) is 0 Å². The molecular formula is C12H14N2O6. The van der Waals surface area contributed by atoms with Crippen molar-refractivity contribution in [1.29, 1.82) is 0 Å². The minimum absolute atomic E-state index is 0.0723. The number of carbonyl (C=O) groups excluding carboxylic acids is 1. The first-order chi connectivity index (χ1) is 9.38. The van der Waals surface area contributed by atoms with Crippen LogP contribution in [0.15, 0.2) is 24.3 Å². The summed E-state index contributed by atoms with van der Waals surface area (Å²) in [5.41, 5.74) is -0.0723. The van der Waals surface area contributed by atoms with Crippen LogP contribution in [0, 0.1) is 10.1 Å².